The van der Waals surface area contributed by atoms with Crippen LogP contribution in [0.25, 0.3) is 11.1 Å². The zero-order chi connectivity index (χ0) is 19.9. The lowest BCUT2D eigenvalue weighted by atomic mass is 10.0. The molecule has 0 unspecified atom stereocenters. The third-order valence-electron chi connectivity index (χ3n) is 4.94. The zero-order valence-corrected chi connectivity index (χ0v) is 17.2. The average Bonchev–Trinajstić information content (AvgIpc) is 2.75. The van der Waals surface area contributed by atoms with E-state index < -0.39 is 5.97 Å². The van der Waals surface area contributed by atoms with Gasteiger partial charge in [0.1, 0.15) is 0 Å². The lowest BCUT2D eigenvalue weighted by molar-refractivity contribution is -0.241. The molecule has 0 aromatic heterocycles. The van der Waals surface area contributed by atoms with Crippen LogP contribution in [0.3, 0.4) is 0 Å². The van der Waals surface area contributed by atoms with Gasteiger partial charge in [0.25, 0.3) is 0 Å². The van der Waals surface area contributed by atoms with Crippen molar-refractivity contribution in [3.63, 3.8) is 0 Å². The quantitative estimate of drug-likeness (QED) is 0.194. The van der Waals surface area contributed by atoms with Crippen molar-refractivity contribution in [1.29, 1.82) is 0 Å². The summed E-state index contributed by atoms with van der Waals surface area (Å²) in [7, 11) is 0. The summed E-state index contributed by atoms with van der Waals surface area (Å²) in [5, 5.41) is 0. The van der Waals surface area contributed by atoms with Crippen LogP contribution in [0, 0.1) is 0 Å². The second kappa shape index (κ2) is 14.0. The molecule has 2 rings (SSSR count). The Bertz CT molecular complexity index is 649. The molecule has 2 aromatic carbocycles. The third-order valence-corrected chi connectivity index (χ3v) is 4.94. The van der Waals surface area contributed by atoms with Crippen LogP contribution in [0.15, 0.2) is 54.6 Å². The van der Waals surface area contributed by atoms with Crippen molar-refractivity contribution in [2.75, 3.05) is 6.61 Å². The highest BCUT2D eigenvalue weighted by Gasteiger charge is 2.08. The van der Waals surface area contributed by atoms with Crippen LogP contribution in [0.1, 0.15) is 81.5 Å². The van der Waals surface area contributed by atoms with Crippen molar-refractivity contribution in [2.24, 2.45) is 0 Å². The molecule has 152 valence electrons. The number of carbonyl (C=O) groups is 1. The van der Waals surface area contributed by atoms with E-state index in [0.29, 0.717) is 12.2 Å². The Kier molecular flexibility index (Phi) is 11.0. The normalized spacial score (nSPS) is 10.8. The van der Waals surface area contributed by atoms with Crippen LogP contribution >= 0.6 is 0 Å². The predicted octanol–water partition coefficient (Wildman–Crippen LogP) is 7.36. The van der Waals surface area contributed by atoms with E-state index in [1.807, 2.05) is 42.5 Å². The number of rotatable bonds is 14. The Morgan fingerprint density at radius 1 is 0.679 bits per heavy atom. The van der Waals surface area contributed by atoms with E-state index in [1.165, 1.54) is 51.4 Å². The summed E-state index contributed by atoms with van der Waals surface area (Å²) in [4.78, 5) is 22.0. The highest BCUT2D eigenvalue weighted by Crippen LogP contribution is 2.19. The molecule has 0 amide bonds. The first-order valence-electron chi connectivity index (χ1n) is 10.8. The number of unbranched alkanes of at least 4 members (excludes halogenated alkanes) is 9. The number of benzene rings is 2. The summed E-state index contributed by atoms with van der Waals surface area (Å²) in [5.74, 6) is -0.438. The predicted molar refractivity (Wildman–Crippen MR) is 115 cm³/mol. The van der Waals surface area contributed by atoms with Crippen molar-refractivity contribution in [3.05, 3.63) is 60.2 Å². The Labute approximate surface area is 170 Å². The summed E-state index contributed by atoms with van der Waals surface area (Å²) in [5.41, 5.74) is 2.70. The average molecular weight is 383 g/mol. The number of hydrogen-bond donors (Lipinski definition) is 0. The number of carbonyl (C=O) groups excluding carboxylic acids is 1. The summed E-state index contributed by atoms with van der Waals surface area (Å²) in [6, 6.07) is 17.5. The molecule has 28 heavy (non-hydrogen) atoms. The summed E-state index contributed by atoms with van der Waals surface area (Å²) in [6.07, 6.45) is 12.7. The van der Waals surface area contributed by atoms with E-state index in [4.69, 9.17) is 9.78 Å². The lowest BCUT2D eigenvalue weighted by Gasteiger charge is -2.06. The molecule has 0 aliphatic rings. The molecule has 0 bridgehead atoms. The molecule has 0 aliphatic carbocycles. The molecule has 0 fully saturated rings. The van der Waals surface area contributed by atoms with Crippen molar-refractivity contribution < 1.29 is 14.6 Å². The minimum absolute atomic E-state index is 0.438. The largest absolute Gasteiger partial charge is 0.373 e. The maximum atomic E-state index is 12.0. The maximum absolute atomic E-state index is 12.0. The minimum Gasteiger partial charge on any atom is -0.293 e. The molecular weight excluding hydrogens is 348 g/mol. The second-order valence-corrected chi connectivity index (χ2v) is 7.32. The summed E-state index contributed by atoms with van der Waals surface area (Å²) in [6.45, 7) is 2.71. The van der Waals surface area contributed by atoms with Gasteiger partial charge in [-0.3, -0.25) is 4.89 Å². The van der Waals surface area contributed by atoms with Crippen LogP contribution in [-0.4, -0.2) is 12.6 Å². The SMILES string of the molecule is CCCCCCCCCCCCOOC(=O)c1ccc(-c2ccccc2)cc1. The van der Waals surface area contributed by atoms with E-state index >= 15 is 0 Å². The first-order chi connectivity index (χ1) is 13.8. The van der Waals surface area contributed by atoms with Crippen LogP contribution in [0.2, 0.25) is 0 Å². The first-order valence-corrected chi connectivity index (χ1v) is 10.8. The van der Waals surface area contributed by atoms with Gasteiger partial charge in [0.2, 0.25) is 0 Å². The molecule has 0 heterocycles. The van der Waals surface area contributed by atoms with Gasteiger partial charge in [-0.15, -0.1) is 0 Å². The van der Waals surface area contributed by atoms with E-state index in [2.05, 4.69) is 6.92 Å². The van der Waals surface area contributed by atoms with Crippen LogP contribution in [0.5, 0.6) is 0 Å². The second-order valence-electron chi connectivity index (χ2n) is 7.32. The Balaban J connectivity index is 1.52. The van der Waals surface area contributed by atoms with Gasteiger partial charge in [0.15, 0.2) is 0 Å². The zero-order valence-electron chi connectivity index (χ0n) is 17.2. The lowest BCUT2D eigenvalue weighted by Crippen LogP contribution is -2.07. The molecule has 0 N–H and O–H groups in total. The van der Waals surface area contributed by atoms with Crippen molar-refractivity contribution in [3.8, 4) is 11.1 Å². The maximum Gasteiger partial charge on any atom is 0.373 e. The monoisotopic (exact) mass is 382 g/mol. The fraction of sp³-hybridized carbons (Fsp3) is 0.480. The van der Waals surface area contributed by atoms with Crippen molar-refractivity contribution in [2.45, 2.75) is 71.1 Å². The highest BCUT2D eigenvalue weighted by molar-refractivity contribution is 5.89. The van der Waals surface area contributed by atoms with E-state index in [0.717, 1.165) is 24.0 Å². The summed E-state index contributed by atoms with van der Waals surface area (Å²) >= 11 is 0. The Morgan fingerprint density at radius 3 is 1.82 bits per heavy atom. The van der Waals surface area contributed by atoms with Gasteiger partial charge in [-0.1, -0.05) is 107 Å². The van der Waals surface area contributed by atoms with Gasteiger partial charge in [0.05, 0.1) is 12.2 Å². The Morgan fingerprint density at radius 2 is 1.21 bits per heavy atom. The minimum atomic E-state index is -0.438. The smallest absolute Gasteiger partial charge is 0.293 e. The van der Waals surface area contributed by atoms with Gasteiger partial charge in [-0.05, 0) is 29.7 Å². The molecule has 0 saturated carbocycles. The van der Waals surface area contributed by atoms with Crippen LogP contribution < -0.4 is 0 Å². The van der Waals surface area contributed by atoms with Crippen molar-refractivity contribution in [1.82, 2.24) is 0 Å². The molecule has 0 radical (unpaired) electrons. The fourth-order valence-corrected chi connectivity index (χ4v) is 3.22. The Hall–Kier alpha value is -2.13. The standard InChI is InChI=1S/C25H34O3/c1-2-3-4-5-6-7-8-9-10-14-21-27-28-25(26)24-19-17-23(18-20-24)22-15-12-11-13-16-22/h11-13,15-20H,2-10,14,21H2,1H3. The van der Waals surface area contributed by atoms with Gasteiger partial charge in [-0.2, -0.15) is 4.89 Å². The highest BCUT2D eigenvalue weighted by atomic mass is 17.2. The van der Waals surface area contributed by atoms with Gasteiger partial charge in [-0.25, -0.2) is 4.79 Å². The van der Waals surface area contributed by atoms with Gasteiger partial charge in [0, 0.05) is 0 Å². The van der Waals surface area contributed by atoms with Gasteiger partial charge >= 0.3 is 5.97 Å². The first kappa shape index (κ1) is 22.2. The van der Waals surface area contributed by atoms with E-state index in [-0.39, 0.29) is 0 Å². The molecule has 0 aliphatic heterocycles. The third kappa shape index (κ3) is 8.71. The van der Waals surface area contributed by atoms with Crippen LogP contribution in [-0.2, 0) is 9.78 Å². The topological polar surface area (TPSA) is 35.5 Å². The molecule has 2 aromatic rings. The molecule has 3 nitrogen and oxygen atoms in total. The molecular formula is C25H34O3. The van der Waals surface area contributed by atoms with Crippen LogP contribution in [0.4, 0.5) is 0 Å². The molecule has 0 saturated heterocycles. The fourth-order valence-electron chi connectivity index (χ4n) is 3.22. The molecule has 0 spiro atoms. The van der Waals surface area contributed by atoms with E-state index in [1.54, 1.807) is 12.1 Å². The van der Waals surface area contributed by atoms with Crippen molar-refractivity contribution >= 4 is 5.97 Å². The molecule has 3 heteroatoms. The number of hydrogen-bond acceptors (Lipinski definition) is 3. The van der Waals surface area contributed by atoms with E-state index in [9.17, 15) is 4.79 Å². The molecule has 0 atom stereocenters. The van der Waals surface area contributed by atoms with Gasteiger partial charge < -0.3 is 0 Å². The summed E-state index contributed by atoms with van der Waals surface area (Å²) < 4.78 is 0.